The van der Waals surface area contributed by atoms with Gasteiger partial charge in [0, 0.05) is 13.2 Å². The van der Waals surface area contributed by atoms with Gasteiger partial charge in [0.1, 0.15) is 5.54 Å². The van der Waals surface area contributed by atoms with Crippen LogP contribution in [0, 0.1) is 0 Å². The van der Waals surface area contributed by atoms with Crippen molar-refractivity contribution >= 4 is 5.97 Å². The number of ether oxygens (including phenoxy) is 1. The van der Waals surface area contributed by atoms with Crippen molar-refractivity contribution in [3.05, 3.63) is 0 Å². The Morgan fingerprint density at radius 3 is 2.89 bits per heavy atom. The Labute approximate surface area is 116 Å². The number of nitrogens with zero attached hydrogens (tertiary/aromatic N) is 1. The maximum Gasteiger partial charge on any atom is 0.323 e. The topological polar surface area (TPSA) is 61.8 Å². The summed E-state index contributed by atoms with van der Waals surface area (Å²) in [5.41, 5.74) is -0.810. The molecule has 2 atom stereocenters. The number of hydrogen-bond acceptors (Lipinski definition) is 4. The van der Waals surface area contributed by atoms with Crippen LogP contribution in [0.15, 0.2) is 0 Å². The molecule has 0 spiro atoms. The Hall–Kier alpha value is -0.650. The van der Waals surface area contributed by atoms with E-state index in [1.807, 2.05) is 6.92 Å². The molecule has 1 saturated heterocycles. The Kier molecular flexibility index (Phi) is 6.75. The average molecular weight is 272 g/mol. The zero-order valence-corrected chi connectivity index (χ0v) is 12.4. The molecule has 1 aliphatic rings. The highest BCUT2D eigenvalue weighted by Gasteiger charge is 2.30. The predicted molar refractivity (Wildman–Crippen MR) is 75.4 cm³/mol. The second-order valence-electron chi connectivity index (χ2n) is 5.51. The number of carbonyl (C=O) groups is 1. The van der Waals surface area contributed by atoms with Crippen molar-refractivity contribution < 1.29 is 14.6 Å². The number of carboxylic acids is 1. The third-order valence-corrected chi connectivity index (χ3v) is 4.04. The van der Waals surface area contributed by atoms with Crippen LogP contribution in [0.25, 0.3) is 0 Å². The van der Waals surface area contributed by atoms with Crippen molar-refractivity contribution in [1.29, 1.82) is 0 Å². The Morgan fingerprint density at radius 2 is 2.32 bits per heavy atom. The molecule has 0 saturated carbocycles. The van der Waals surface area contributed by atoms with Crippen LogP contribution in [0.5, 0.6) is 0 Å². The standard InChI is InChI=1S/C14H28N2O3/c1-4-19-12-7-5-9-16(11-12)10-6-8-14(2,15-3)13(17)18/h12,15H,4-11H2,1-3H3,(H,17,18). The number of piperidine rings is 1. The largest absolute Gasteiger partial charge is 0.480 e. The minimum absolute atomic E-state index is 0.355. The average Bonchev–Trinajstić information content (AvgIpc) is 2.39. The van der Waals surface area contributed by atoms with Gasteiger partial charge < -0.3 is 20.1 Å². The van der Waals surface area contributed by atoms with Gasteiger partial charge in [0.05, 0.1) is 6.10 Å². The van der Waals surface area contributed by atoms with Crippen molar-refractivity contribution in [3.63, 3.8) is 0 Å². The molecule has 0 amide bonds. The molecule has 1 rings (SSSR count). The van der Waals surface area contributed by atoms with Crippen molar-refractivity contribution in [2.75, 3.05) is 33.3 Å². The van der Waals surface area contributed by atoms with Crippen molar-refractivity contribution in [2.45, 2.75) is 51.2 Å². The highest BCUT2D eigenvalue weighted by atomic mass is 16.5. The summed E-state index contributed by atoms with van der Waals surface area (Å²) < 4.78 is 5.67. The molecule has 1 heterocycles. The van der Waals surface area contributed by atoms with E-state index in [0.717, 1.165) is 39.1 Å². The second kappa shape index (κ2) is 7.82. The van der Waals surface area contributed by atoms with Gasteiger partial charge >= 0.3 is 5.97 Å². The molecule has 5 nitrogen and oxygen atoms in total. The highest BCUT2D eigenvalue weighted by Crippen LogP contribution is 2.16. The summed E-state index contributed by atoms with van der Waals surface area (Å²) >= 11 is 0. The van der Waals surface area contributed by atoms with Crippen LogP contribution in [-0.2, 0) is 9.53 Å². The molecule has 5 heteroatoms. The van der Waals surface area contributed by atoms with Gasteiger partial charge in [-0.3, -0.25) is 4.79 Å². The van der Waals surface area contributed by atoms with Gasteiger partial charge in [0.2, 0.25) is 0 Å². The number of likely N-dealkylation sites (tertiary alicyclic amines) is 1. The van der Waals surface area contributed by atoms with Gasteiger partial charge in [-0.1, -0.05) is 0 Å². The van der Waals surface area contributed by atoms with Crippen LogP contribution in [0.2, 0.25) is 0 Å². The van der Waals surface area contributed by atoms with E-state index in [1.165, 1.54) is 6.42 Å². The first-order valence-electron chi connectivity index (χ1n) is 7.28. The number of likely N-dealkylation sites (N-methyl/N-ethyl adjacent to an activating group) is 1. The zero-order valence-electron chi connectivity index (χ0n) is 12.4. The van der Waals surface area contributed by atoms with E-state index >= 15 is 0 Å². The lowest BCUT2D eigenvalue weighted by molar-refractivity contribution is -0.144. The smallest absolute Gasteiger partial charge is 0.323 e. The Balaban J connectivity index is 2.30. The van der Waals surface area contributed by atoms with Gasteiger partial charge in [-0.05, 0) is 59.7 Å². The number of hydrogen-bond donors (Lipinski definition) is 2. The molecule has 0 bridgehead atoms. The van der Waals surface area contributed by atoms with E-state index in [9.17, 15) is 9.90 Å². The molecule has 0 aromatic heterocycles. The summed E-state index contributed by atoms with van der Waals surface area (Å²) in [6, 6.07) is 0. The van der Waals surface area contributed by atoms with E-state index in [1.54, 1.807) is 14.0 Å². The number of rotatable bonds is 8. The molecule has 2 unspecified atom stereocenters. The lowest BCUT2D eigenvalue weighted by Gasteiger charge is -2.33. The predicted octanol–water partition coefficient (Wildman–Crippen LogP) is 1.33. The van der Waals surface area contributed by atoms with Crippen molar-refractivity contribution in [2.24, 2.45) is 0 Å². The summed E-state index contributed by atoms with van der Waals surface area (Å²) in [5.74, 6) is -0.777. The van der Waals surface area contributed by atoms with Crippen LogP contribution in [0.1, 0.15) is 39.5 Å². The monoisotopic (exact) mass is 272 g/mol. The second-order valence-corrected chi connectivity index (χ2v) is 5.51. The molecular weight excluding hydrogens is 244 g/mol. The quantitative estimate of drug-likeness (QED) is 0.698. The van der Waals surface area contributed by atoms with E-state index in [4.69, 9.17) is 4.74 Å². The van der Waals surface area contributed by atoms with Gasteiger partial charge in [-0.25, -0.2) is 0 Å². The summed E-state index contributed by atoms with van der Waals surface area (Å²) in [5, 5.41) is 12.1. The molecule has 0 aromatic carbocycles. The maximum absolute atomic E-state index is 11.2. The summed E-state index contributed by atoms with van der Waals surface area (Å²) in [6.45, 7) is 7.59. The lowest BCUT2D eigenvalue weighted by Crippen LogP contribution is -2.48. The van der Waals surface area contributed by atoms with Crippen molar-refractivity contribution in [3.8, 4) is 0 Å². The van der Waals surface area contributed by atoms with Gasteiger partial charge in [-0.2, -0.15) is 0 Å². The van der Waals surface area contributed by atoms with Crippen LogP contribution < -0.4 is 5.32 Å². The first kappa shape index (κ1) is 16.4. The highest BCUT2D eigenvalue weighted by molar-refractivity contribution is 5.78. The summed E-state index contributed by atoms with van der Waals surface area (Å²) in [6.07, 6.45) is 4.21. The first-order chi connectivity index (χ1) is 9.01. The third kappa shape index (κ3) is 5.09. The maximum atomic E-state index is 11.2. The number of nitrogens with one attached hydrogen (secondary N) is 1. The zero-order chi connectivity index (χ0) is 14.3. The molecule has 112 valence electrons. The number of carboxylic acid groups (broad SMARTS) is 1. The molecule has 0 aliphatic carbocycles. The van der Waals surface area contributed by atoms with E-state index in [0.29, 0.717) is 12.5 Å². The molecule has 2 N–H and O–H groups in total. The minimum Gasteiger partial charge on any atom is -0.480 e. The third-order valence-electron chi connectivity index (χ3n) is 4.04. The lowest BCUT2D eigenvalue weighted by atomic mass is 9.96. The molecule has 1 aliphatic heterocycles. The summed E-state index contributed by atoms with van der Waals surface area (Å²) in [7, 11) is 1.71. The SMILES string of the molecule is CCOC1CCCN(CCCC(C)(NC)C(=O)O)C1. The van der Waals surface area contributed by atoms with Crippen LogP contribution in [-0.4, -0.2) is 60.9 Å². The fourth-order valence-electron chi connectivity index (χ4n) is 2.58. The first-order valence-corrected chi connectivity index (χ1v) is 7.28. The normalized spacial score (nSPS) is 24.1. The molecular formula is C14H28N2O3. The molecule has 19 heavy (non-hydrogen) atoms. The Morgan fingerprint density at radius 1 is 1.58 bits per heavy atom. The molecule has 0 aromatic rings. The molecule has 0 radical (unpaired) electrons. The van der Waals surface area contributed by atoms with Crippen LogP contribution >= 0.6 is 0 Å². The van der Waals surface area contributed by atoms with Gasteiger partial charge in [0.25, 0.3) is 0 Å². The molecule has 1 fully saturated rings. The van der Waals surface area contributed by atoms with Crippen molar-refractivity contribution in [1.82, 2.24) is 10.2 Å². The number of aliphatic carboxylic acids is 1. The van der Waals surface area contributed by atoms with E-state index in [-0.39, 0.29) is 0 Å². The van der Waals surface area contributed by atoms with Gasteiger partial charge in [0.15, 0.2) is 0 Å². The Bertz CT molecular complexity index is 284. The van der Waals surface area contributed by atoms with E-state index in [2.05, 4.69) is 10.2 Å². The minimum atomic E-state index is -0.810. The fraction of sp³-hybridized carbons (Fsp3) is 0.929. The summed E-state index contributed by atoms with van der Waals surface area (Å²) in [4.78, 5) is 13.6. The van der Waals surface area contributed by atoms with Crippen LogP contribution in [0.4, 0.5) is 0 Å². The van der Waals surface area contributed by atoms with E-state index < -0.39 is 11.5 Å². The fourth-order valence-corrected chi connectivity index (χ4v) is 2.58. The van der Waals surface area contributed by atoms with Gasteiger partial charge in [-0.15, -0.1) is 0 Å². The van der Waals surface area contributed by atoms with Crippen LogP contribution in [0.3, 0.4) is 0 Å².